The number of rotatable bonds is 7. The molecule has 4 atom stereocenters. The van der Waals surface area contributed by atoms with Crippen molar-refractivity contribution in [1.29, 1.82) is 0 Å². The summed E-state index contributed by atoms with van der Waals surface area (Å²) in [7, 11) is 2.11. The number of hydrogen-bond acceptors (Lipinski definition) is 10. The van der Waals surface area contributed by atoms with Gasteiger partial charge in [0.2, 0.25) is 0 Å². The highest BCUT2D eigenvalue weighted by molar-refractivity contribution is 6.04. The highest BCUT2D eigenvalue weighted by Gasteiger charge is 2.62. The van der Waals surface area contributed by atoms with Gasteiger partial charge in [0.25, 0.3) is 11.8 Å². The Morgan fingerprint density at radius 2 is 1.35 bits per heavy atom. The first-order chi connectivity index (χ1) is 25.5. The molecule has 282 valence electrons. The van der Waals surface area contributed by atoms with E-state index in [1.807, 2.05) is 0 Å². The molecule has 54 heavy (non-hydrogen) atoms. The van der Waals surface area contributed by atoms with Gasteiger partial charge in [-0.15, -0.1) is 0 Å². The number of carbonyl (C=O) groups is 4. The Hall–Kier alpha value is -5.54. The van der Waals surface area contributed by atoms with Crippen molar-refractivity contribution < 1.29 is 64.5 Å². The standard InChI is InChI=1S/C38H30F6N2O8/c1-14-24(33(47)51-3)28(30-21(45-14)12-53-35(30)49)17-8-9-22(32(40)27(17)19-11-38(19,43)44)46-15(2)25(34(48)52-4)29(31-23(46)13-54-36(31)50)16-6-5-7-20(39)26(16)18-10-37(18,41)42/h5-9,18-19,28-29,45H,10-13H2,1-4H3/t18-,19+,28+,29+/m1/s1. The number of halogens is 6. The second-order valence-corrected chi connectivity index (χ2v) is 13.9. The first-order valence-corrected chi connectivity index (χ1v) is 16.9. The van der Waals surface area contributed by atoms with Crippen LogP contribution in [-0.4, -0.2) is 63.2 Å². The van der Waals surface area contributed by atoms with E-state index in [-0.39, 0.29) is 62.8 Å². The van der Waals surface area contributed by atoms with Gasteiger partial charge < -0.3 is 29.2 Å². The van der Waals surface area contributed by atoms with E-state index < -0.39 is 107 Å². The molecule has 0 spiro atoms. The number of benzene rings is 2. The van der Waals surface area contributed by atoms with Gasteiger partial charge in [-0.25, -0.2) is 45.5 Å². The summed E-state index contributed by atoms with van der Waals surface area (Å²) in [5.41, 5.74) is -2.10. The number of dihydropyridines is 1. The van der Waals surface area contributed by atoms with Gasteiger partial charge in [-0.2, -0.15) is 0 Å². The Labute approximate surface area is 303 Å². The van der Waals surface area contributed by atoms with E-state index in [4.69, 9.17) is 18.9 Å². The number of alkyl halides is 4. The fourth-order valence-corrected chi connectivity index (χ4v) is 8.32. The summed E-state index contributed by atoms with van der Waals surface area (Å²) in [4.78, 5) is 54.5. The number of anilines is 1. The van der Waals surface area contributed by atoms with Crippen LogP contribution in [0.1, 0.15) is 72.6 Å². The lowest BCUT2D eigenvalue weighted by Crippen LogP contribution is -2.35. The summed E-state index contributed by atoms with van der Waals surface area (Å²) in [6.07, 6.45) is -1.44. The van der Waals surface area contributed by atoms with E-state index in [1.54, 1.807) is 0 Å². The first kappa shape index (κ1) is 35.5. The smallest absolute Gasteiger partial charge is 0.337 e. The van der Waals surface area contributed by atoms with Gasteiger partial charge in [-0.1, -0.05) is 18.2 Å². The SMILES string of the molecule is COC(=O)C1=C(C)N(c2ccc([C@H]3C(C(=O)OC)=C(C)NC4=C3C(=O)OC4)c([C@@H]3CC3(F)F)c2F)C2=C(C(=O)OC2)[C@H]1c1cccc(F)c1[C@H]1CC1(F)F. The number of esters is 4. The quantitative estimate of drug-likeness (QED) is 0.204. The summed E-state index contributed by atoms with van der Waals surface area (Å²) in [5.74, 6) is -18.8. The first-order valence-electron chi connectivity index (χ1n) is 16.9. The average molecular weight is 757 g/mol. The predicted molar refractivity (Wildman–Crippen MR) is 174 cm³/mol. The van der Waals surface area contributed by atoms with Crippen molar-refractivity contribution in [1.82, 2.24) is 5.32 Å². The molecule has 4 aliphatic heterocycles. The molecule has 8 rings (SSSR count). The summed E-state index contributed by atoms with van der Waals surface area (Å²) < 4.78 is 113. The zero-order valence-corrected chi connectivity index (χ0v) is 29.0. The highest BCUT2D eigenvalue weighted by Crippen LogP contribution is 2.61. The Kier molecular flexibility index (Phi) is 7.88. The van der Waals surface area contributed by atoms with Crippen molar-refractivity contribution in [2.24, 2.45) is 0 Å². The van der Waals surface area contributed by atoms with Crippen LogP contribution in [-0.2, 0) is 38.1 Å². The third-order valence-corrected chi connectivity index (χ3v) is 11.0. The number of allylic oxidation sites excluding steroid dienone is 2. The molecular formula is C38H30F6N2O8. The molecule has 0 unspecified atom stereocenters. The van der Waals surface area contributed by atoms with Crippen molar-refractivity contribution in [2.45, 2.75) is 62.2 Å². The lowest BCUT2D eigenvalue weighted by Gasteiger charge is -2.37. The van der Waals surface area contributed by atoms with Gasteiger partial charge in [0.1, 0.15) is 19.0 Å². The van der Waals surface area contributed by atoms with Crippen LogP contribution in [0, 0.1) is 11.6 Å². The maximum Gasteiger partial charge on any atom is 0.337 e. The van der Waals surface area contributed by atoms with E-state index in [2.05, 4.69) is 5.32 Å². The molecule has 0 saturated heterocycles. The normalized spacial score (nSPS) is 26.3. The van der Waals surface area contributed by atoms with Crippen molar-refractivity contribution in [3.05, 3.63) is 109 Å². The van der Waals surface area contributed by atoms with Crippen molar-refractivity contribution in [3.63, 3.8) is 0 Å². The number of hydrogen-bond donors (Lipinski definition) is 1. The largest absolute Gasteiger partial charge is 0.466 e. The number of carbonyl (C=O) groups excluding carboxylic acids is 4. The maximum absolute atomic E-state index is 17.5. The van der Waals surface area contributed by atoms with Gasteiger partial charge in [-0.05, 0) is 37.1 Å². The van der Waals surface area contributed by atoms with E-state index in [1.165, 1.54) is 38.1 Å². The van der Waals surface area contributed by atoms with Crippen molar-refractivity contribution in [3.8, 4) is 0 Å². The molecule has 2 aromatic rings. The fraction of sp³-hybridized carbons (Fsp3) is 0.368. The summed E-state index contributed by atoms with van der Waals surface area (Å²) in [6.45, 7) is 2.14. The van der Waals surface area contributed by atoms with E-state index in [0.717, 1.165) is 25.2 Å². The zero-order chi connectivity index (χ0) is 38.8. The molecule has 2 fully saturated rings. The van der Waals surface area contributed by atoms with Crippen LogP contribution < -0.4 is 10.2 Å². The molecule has 6 aliphatic rings. The van der Waals surface area contributed by atoms with Crippen LogP contribution in [0.3, 0.4) is 0 Å². The van der Waals surface area contributed by atoms with Crippen LogP contribution in [0.2, 0.25) is 0 Å². The van der Waals surface area contributed by atoms with Crippen molar-refractivity contribution >= 4 is 29.6 Å². The molecular weight excluding hydrogens is 726 g/mol. The minimum Gasteiger partial charge on any atom is -0.466 e. The van der Waals surface area contributed by atoms with Gasteiger partial charge in [0.15, 0.2) is 5.82 Å². The van der Waals surface area contributed by atoms with Gasteiger partial charge >= 0.3 is 23.9 Å². The molecule has 1 N–H and O–H groups in total. The van der Waals surface area contributed by atoms with Gasteiger partial charge in [0.05, 0.1) is 77.3 Å². The Balaban J connectivity index is 1.36. The van der Waals surface area contributed by atoms with Crippen molar-refractivity contribution in [2.75, 3.05) is 32.3 Å². The Morgan fingerprint density at radius 1 is 0.796 bits per heavy atom. The lowest BCUT2D eigenvalue weighted by molar-refractivity contribution is -0.138. The molecule has 2 aliphatic carbocycles. The topological polar surface area (TPSA) is 120 Å². The van der Waals surface area contributed by atoms with Crippen LogP contribution in [0.25, 0.3) is 0 Å². The van der Waals surface area contributed by atoms with Crippen LogP contribution in [0.5, 0.6) is 0 Å². The lowest BCUT2D eigenvalue weighted by atomic mass is 9.76. The number of cyclic esters (lactones) is 2. The molecule has 2 saturated carbocycles. The van der Waals surface area contributed by atoms with E-state index in [0.29, 0.717) is 0 Å². The Morgan fingerprint density at radius 3 is 1.98 bits per heavy atom. The molecule has 16 heteroatoms. The molecule has 0 amide bonds. The molecule has 10 nitrogen and oxygen atoms in total. The fourth-order valence-electron chi connectivity index (χ4n) is 8.32. The molecule has 4 heterocycles. The minimum atomic E-state index is -3.39. The molecule has 0 radical (unpaired) electrons. The molecule has 2 aromatic carbocycles. The van der Waals surface area contributed by atoms with Crippen LogP contribution in [0.4, 0.5) is 32.0 Å². The number of ether oxygens (including phenoxy) is 4. The minimum absolute atomic E-state index is 0.0506. The van der Waals surface area contributed by atoms with Crippen LogP contribution >= 0.6 is 0 Å². The average Bonchev–Trinajstić information content (AvgIpc) is 3.81. The monoisotopic (exact) mass is 756 g/mol. The Bertz CT molecular complexity index is 2260. The summed E-state index contributed by atoms with van der Waals surface area (Å²) in [6, 6.07) is 6.00. The second-order valence-electron chi connectivity index (χ2n) is 13.9. The summed E-state index contributed by atoms with van der Waals surface area (Å²) >= 11 is 0. The second kappa shape index (κ2) is 12.0. The number of nitrogens with one attached hydrogen (secondary N) is 1. The third kappa shape index (κ3) is 5.08. The predicted octanol–water partition coefficient (Wildman–Crippen LogP) is 6.02. The third-order valence-electron chi connectivity index (χ3n) is 11.0. The highest BCUT2D eigenvalue weighted by atomic mass is 19.3. The zero-order valence-electron chi connectivity index (χ0n) is 29.0. The number of methoxy groups -OCH3 is 2. The molecule has 0 bridgehead atoms. The number of nitrogens with zero attached hydrogens (tertiary/aromatic N) is 1. The maximum atomic E-state index is 17.5. The van der Waals surface area contributed by atoms with Gasteiger partial charge in [-0.3, -0.25) is 0 Å². The molecule has 0 aromatic heterocycles. The summed E-state index contributed by atoms with van der Waals surface area (Å²) in [5, 5.41) is 2.92. The van der Waals surface area contributed by atoms with E-state index >= 15 is 17.6 Å². The van der Waals surface area contributed by atoms with E-state index in [9.17, 15) is 28.0 Å². The van der Waals surface area contributed by atoms with Crippen LogP contribution in [0.15, 0.2) is 75.4 Å². The van der Waals surface area contributed by atoms with Gasteiger partial charge in [0, 0.05) is 35.4 Å².